The van der Waals surface area contributed by atoms with Gasteiger partial charge in [0.2, 0.25) is 0 Å². The summed E-state index contributed by atoms with van der Waals surface area (Å²) < 4.78 is 0. The van der Waals surface area contributed by atoms with Gasteiger partial charge in [-0.15, -0.1) is 0 Å². The molecule has 0 aromatic heterocycles. The second-order valence-corrected chi connectivity index (χ2v) is 6.47. The van der Waals surface area contributed by atoms with E-state index in [1.807, 2.05) is 0 Å². The van der Waals surface area contributed by atoms with Crippen LogP contribution in [0.2, 0.25) is 0 Å². The quantitative estimate of drug-likeness (QED) is 0.278. The van der Waals surface area contributed by atoms with Gasteiger partial charge in [-0.1, -0.05) is 76.0 Å². The van der Waals surface area contributed by atoms with Crippen LogP contribution in [0.15, 0.2) is 36.5 Å². The average Bonchev–Trinajstić information content (AvgIpc) is 2.94. The number of unbranched alkanes of at least 4 members (excludes halogenated alkanes) is 4. The van der Waals surface area contributed by atoms with E-state index in [-0.39, 0.29) is 0 Å². The Labute approximate surface area is 133 Å². The summed E-state index contributed by atoms with van der Waals surface area (Å²) >= 11 is 0. The van der Waals surface area contributed by atoms with E-state index in [2.05, 4.69) is 50.3 Å². The van der Waals surface area contributed by atoms with Crippen molar-refractivity contribution in [2.24, 2.45) is 11.8 Å². The highest BCUT2D eigenvalue weighted by molar-refractivity contribution is 4.98. The van der Waals surface area contributed by atoms with Crippen molar-refractivity contribution >= 4 is 0 Å². The Hall–Kier alpha value is -0.780. The molecule has 0 aromatic carbocycles. The maximum Gasteiger partial charge on any atom is -0.0202 e. The van der Waals surface area contributed by atoms with Crippen LogP contribution in [0, 0.1) is 11.8 Å². The molecule has 120 valence electrons. The molecule has 0 heterocycles. The Morgan fingerprint density at radius 2 is 1.52 bits per heavy atom. The summed E-state index contributed by atoms with van der Waals surface area (Å²) in [6.45, 7) is 4.50. The van der Waals surface area contributed by atoms with Gasteiger partial charge in [0.15, 0.2) is 0 Å². The van der Waals surface area contributed by atoms with Gasteiger partial charge in [0, 0.05) is 0 Å². The highest BCUT2D eigenvalue weighted by atomic mass is 14.3. The summed E-state index contributed by atoms with van der Waals surface area (Å²) in [6, 6.07) is 0. The van der Waals surface area contributed by atoms with E-state index >= 15 is 0 Å². The Morgan fingerprint density at radius 1 is 0.762 bits per heavy atom. The van der Waals surface area contributed by atoms with Crippen molar-refractivity contribution < 1.29 is 0 Å². The molecule has 0 saturated heterocycles. The molecule has 0 amide bonds. The minimum absolute atomic E-state index is 0.848. The first-order valence-corrected chi connectivity index (χ1v) is 9.35. The topological polar surface area (TPSA) is 0 Å². The molecule has 21 heavy (non-hydrogen) atoms. The van der Waals surface area contributed by atoms with E-state index in [1.165, 1.54) is 70.6 Å². The zero-order valence-corrected chi connectivity index (χ0v) is 14.4. The molecule has 1 rings (SSSR count). The van der Waals surface area contributed by atoms with E-state index in [4.69, 9.17) is 0 Å². The molecular weight excluding hydrogens is 252 g/mol. The van der Waals surface area contributed by atoms with Gasteiger partial charge in [0.1, 0.15) is 0 Å². The maximum atomic E-state index is 2.52. The Bertz CT molecular complexity index is 308. The lowest BCUT2D eigenvalue weighted by Gasteiger charge is -2.13. The molecule has 0 radical (unpaired) electrons. The van der Waals surface area contributed by atoms with Gasteiger partial charge in [-0.3, -0.25) is 0 Å². The highest BCUT2D eigenvalue weighted by Gasteiger charge is 2.23. The molecule has 1 fully saturated rings. The second-order valence-electron chi connectivity index (χ2n) is 6.47. The molecule has 0 bridgehead atoms. The molecule has 2 atom stereocenters. The molecule has 0 N–H and O–H groups in total. The third-order valence-corrected chi connectivity index (χ3v) is 4.55. The molecule has 0 nitrogen and oxygen atoms in total. The minimum Gasteiger partial charge on any atom is -0.0885 e. The van der Waals surface area contributed by atoms with Crippen LogP contribution in [0.1, 0.15) is 84.5 Å². The van der Waals surface area contributed by atoms with E-state index in [0.29, 0.717) is 0 Å². The second kappa shape index (κ2) is 12.9. The fourth-order valence-corrected chi connectivity index (χ4v) is 3.19. The number of rotatable bonds is 11. The fraction of sp³-hybridized carbons (Fsp3) is 0.714. The molecule has 0 unspecified atom stereocenters. The molecule has 0 heteroatoms. The van der Waals surface area contributed by atoms with Crippen LogP contribution in [-0.4, -0.2) is 0 Å². The minimum atomic E-state index is 0.848. The summed E-state index contributed by atoms with van der Waals surface area (Å²) in [6.07, 6.45) is 28.9. The van der Waals surface area contributed by atoms with E-state index in [1.54, 1.807) is 0 Å². The molecule has 1 aliphatic carbocycles. The first-order valence-electron chi connectivity index (χ1n) is 9.35. The molecular formula is C21H36. The Balaban J connectivity index is 2.18. The summed E-state index contributed by atoms with van der Waals surface area (Å²) in [4.78, 5) is 0. The van der Waals surface area contributed by atoms with E-state index in [0.717, 1.165) is 11.8 Å². The number of hydrogen-bond acceptors (Lipinski definition) is 0. The van der Waals surface area contributed by atoms with Crippen LogP contribution in [0.4, 0.5) is 0 Å². The third kappa shape index (κ3) is 8.96. The van der Waals surface area contributed by atoms with Gasteiger partial charge in [0.05, 0.1) is 0 Å². The predicted octanol–water partition coefficient (Wildman–Crippen LogP) is 7.23. The van der Waals surface area contributed by atoms with Crippen LogP contribution in [0.25, 0.3) is 0 Å². The van der Waals surface area contributed by atoms with Crippen molar-refractivity contribution in [1.29, 1.82) is 0 Å². The zero-order valence-electron chi connectivity index (χ0n) is 14.4. The predicted molar refractivity (Wildman–Crippen MR) is 96.5 cm³/mol. The number of hydrogen-bond donors (Lipinski definition) is 0. The van der Waals surface area contributed by atoms with Gasteiger partial charge in [0.25, 0.3) is 0 Å². The summed E-state index contributed by atoms with van der Waals surface area (Å²) in [5.41, 5.74) is 0. The van der Waals surface area contributed by atoms with Crippen LogP contribution < -0.4 is 0 Å². The van der Waals surface area contributed by atoms with Crippen LogP contribution >= 0.6 is 0 Å². The lowest BCUT2D eigenvalue weighted by molar-refractivity contribution is 0.463. The summed E-state index contributed by atoms with van der Waals surface area (Å²) in [5.74, 6) is 1.76. The average molecular weight is 289 g/mol. The maximum absolute atomic E-state index is 2.52. The Kier molecular flexibility index (Phi) is 11.2. The molecule has 1 saturated carbocycles. The standard InChI is InChI=1S/C21H36/c1-3-5-7-9-10-12-14-17-21-19-15-18-20(21)16-13-11-8-6-4-2/h7,9,11,13-14,17,20-21H,3-6,8,10,12,15-16,18-19H2,1-2H3/t20-,21-/m0/s1. The van der Waals surface area contributed by atoms with Crippen molar-refractivity contribution in [2.75, 3.05) is 0 Å². The summed E-state index contributed by atoms with van der Waals surface area (Å²) in [7, 11) is 0. The monoisotopic (exact) mass is 288 g/mol. The van der Waals surface area contributed by atoms with Gasteiger partial charge < -0.3 is 0 Å². The lowest BCUT2D eigenvalue weighted by atomic mass is 9.92. The van der Waals surface area contributed by atoms with Crippen molar-refractivity contribution in [3.63, 3.8) is 0 Å². The van der Waals surface area contributed by atoms with Crippen molar-refractivity contribution in [1.82, 2.24) is 0 Å². The number of allylic oxidation sites excluding steroid dienone is 6. The molecule has 0 aromatic rings. The van der Waals surface area contributed by atoms with Crippen molar-refractivity contribution in [3.05, 3.63) is 36.5 Å². The first-order chi connectivity index (χ1) is 10.4. The summed E-state index contributed by atoms with van der Waals surface area (Å²) in [5, 5.41) is 0. The Morgan fingerprint density at radius 3 is 2.33 bits per heavy atom. The zero-order chi connectivity index (χ0) is 15.2. The smallest absolute Gasteiger partial charge is 0.0202 e. The first kappa shape index (κ1) is 18.3. The largest absolute Gasteiger partial charge is 0.0885 e. The molecule has 0 aliphatic heterocycles. The van der Waals surface area contributed by atoms with Gasteiger partial charge in [-0.2, -0.15) is 0 Å². The van der Waals surface area contributed by atoms with Gasteiger partial charge in [-0.25, -0.2) is 0 Å². The van der Waals surface area contributed by atoms with Gasteiger partial charge >= 0.3 is 0 Å². The van der Waals surface area contributed by atoms with Crippen molar-refractivity contribution in [3.8, 4) is 0 Å². The normalized spacial score (nSPS) is 23.1. The fourth-order valence-electron chi connectivity index (χ4n) is 3.19. The van der Waals surface area contributed by atoms with E-state index in [9.17, 15) is 0 Å². The molecule has 0 spiro atoms. The van der Waals surface area contributed by atoms with Crippen LogP contribution in [0.3, 0.4) is 0 Å². The van der Waals surface area contributed by atoms with Crippen LogP contribution in [-0.2, 0) is 0 Å². The molecule has 1 aliphatic rings. The van der Waals surface area contributed by atoms with E-state index < -0.39 is 0 Å². The van der Waals surface area contributed by atoms with Crippen molar-refractivity contribution in [2.45, 2.75) is 84.5 Å². The van der Waals surface area contributed by atoms with Crippen LogP contribution in [0.5, 0.6) is 0 Å². The lowest BCUT2D eigenvalue weighted by Crippen LogP contribution is -2.03. The third-order valence-electron chi connectivity index (χ3n) is 4.55. The van der Waals surface area contributed by atoms with Gasteiger partial charge in [-0.05, 0) is 56.8 Å². The SMILES string of the molecule is CCCC=CCCC=C[C@H]1CCC[C@@H]1CC=CCCCC. The highest BCUT2D eigenvalue weighted by Crippen LogP contribution is 2.35.